The fraction of sp³-hybridized carbons (Fsp3) is 0.300. The molecule has 1 amide bonds. The molecule has 1 fully saturated rings. The van der Waals surface area contributed by atoms with Crippen LogP contribution in [-0.2, 0) is 10.3 Å². The third-order valence-corrected chi connectivity index (χ3v) is 4.76. The first kappa shape index (κ1) is 16.2. The average molecular weight is 322 g/mol. The second-order valence-electron chi connectivity index (χ2n) is 6.22. The van der Waals surface area contributed by atoms with Crippen molar-refractivity contribution in [2.24, 2.45) is 5.16 Å². The van der Waals surface area contributed by atoms with Crippen LogP contribution in [0.5, 0.6) is 0 Å². The standard InChI is InChI=1S/C20H22N2O2/c1-24-22-14-16-8-10-17(11-9-16)19(23)21-15-20(12-5-13-20)18-6-3-2-4-7-18/h2-4,6-11,14H,5,12-13,15H2,1H3,(H,21,23)/b22-14+. The molecule has 1 aliphatic carbocycles. The highest BCUT2D eigenvalue weighted by molar-refractivity contribution is 5.95. The normalized spacial score (nSPS) is 15.7. The molecular weight excluding hydrogens is 300 g/mol. The molecule has 0 aromatic heterocycles. The highest BCUT2D eigenvalue weighted by Crippen LogP contribution is 2.43. The maximum atomic E-state index is 12.4. The summed E-state index contributed by atoms with van der Waals surface area (Å²) < 4.78 is 0. The Bertz CT molecular complexity index is 704. The molecule has 0 radical (unpaired) electrons. The van der Waals surface area contributed by atoms with Crippen molar-refractivity contribution < 1.29 is 9.63 Å². The third-order valence-electron chi connectivity index (χ3n) is 4.76. The summed E-state index contributed by atoms with van der Waals surface area (Å²) in [5, 5.41) is 6.82. The monoisotopic (exact) mass is 322 g/mol. The van der Waals surface area contributed by atoms with Gasteiger partial charge in [-0.25, -0.2) is 0 Å². The molecule has 0 saturated heterocycles. The molecule has 1 saturated carbocycles. The molecule has 0 heterocycles. The van der Waals surface area contributed by atoms with E-state index in [4.69, 9.17) is 0 Å². The van der Waals surface area contributed by atoms with Crippen molar-refractivity contribution in [1.82, 2.24) is 5.32 Å². The molecule has 24 heavy (non-hydrogen) atoms. The quantitative estimate of drug-likeness (QED) is 0.653. The minimum atomic E-state index is -0.0348. The first-order valence-corrected chi connectivity index (χ1v) is 8.24. The van der Waals surface area contributed by atoms with Crippen molar-refractivity contribution in [1.29, 1.82) is 0 Å². The van der Waals surface area contributed by atoms with E-state index in [0.29, 0.717) is 12.1 Å². The van der Waals surface area contributed by atoms with E-state index in [-0.39, 0.29) is 11.3 Å². The largest absolute Gasteiger partial charge is 0.399 e. The number of hydrogen-bond donors (Lipinski definition) is 1. The van der Waals surface area contributed by atoms with Crippen molar-refractivity contribution in [3.8, 4) is 0 Å². The Balaban J connectivity index is 1.63. The molecule has 4 heteroatoms. The summed E-state index contributed by atoms with van der Waals surface area (Å²) in [5.41, 5.74) is 2.98. The van der Waals surface area contributed by atoms with Gasteiger partial charge in [-0.05, 0) is 36.1 Å². The SMILES string of the molecule is CO/N=C/c1ccc(C(=O)NCC2(c3ccccc3)CCC2)cc1. The number of amides is 1. The molecule has 4 nitrogen and oxygen atoms in total. The van der Waals surface area contributed by atoms with Crippen LogP contribution in [0.25, 0.3) is 0 Å². The average Bonchev–Trinajstić information content (AvgIpc) is 2.60. The van der Waals surface area contributed by atoms with Crippen LogP contribution >= 0.6 is 0 Å². The van der Waals surface area contributed by atoms with E-state index in [1.54, 1.807) is 6.21 Å². The number of benzene rings is 2. The molecule has 124 valence electrons. The van der Waals surface area contributed by atoms with Crippen LogP contribution in [0.2, 0.25) is 0 Å². The number of hydrogen-bond acceptors (Lipinski definition) is 3. The van der Waals surface area contributed by atoms with Crippen molar-refractivity contribution in [2.75, 3.05) is 13.7 Å². The zero-order chi connectivity index (χ0) is 16.8. The summed E-state index contributed by atoms with van der Waals surface area (Å²) in [4.78, 5) is 17.1. The Morgan fingerprint density at radius 2 is 1.88 bits per heavy atom. The van der Waals surface area contributed by atoms with Crippen LogP contribution in [-0.4, -0.2) is 25.8 Å². The maximum Gasteiger partial charge on any atom is 0.251 e. The van der Waals surface area contributed by atoms with E-state index in [0.717, 1.165) is 18.4 Å². The Morgan fingerprint density at radius 3 is 2.46 bits per heavy atom. The molecule has 1 N–H and O–H groups in total. The summed E-state index contributed by atoms with van der Waals surface area (Å²) >= 11 is 0. The Hall–Kier alpha value is -2.62. The van der Waals surface area contributed by atoms with Gasteiger partial charge in [0.05, 0.1) is 6.21 Å². The van der Waals surface area contributed by atoms with Crippen molar-refractivity contribution in [3.05, 3.63) is 71.3 Å². The van der Waals surface area contributed by atoms with E-state index in [2.05, 4.69) is 39.6 Å². The van der Waals surface area contributed by atoms with E-state index in [1.165, 1.54) is 19.1 Å². The maximum absolute atomic E-state index is 12.4. The lowest BCUT2D eigenvalue weighted by molar-refractivity contribution is 0.0928. The first-order valence-electron chi connectivity index (χ1n) is 8.24. The van der Waals surface area contributed by atoms with Crippen LogP contribution in [0.3, 0.4) is 0 Å². The summed E-state index contributed by atoms with van der Waals surface area (Å²) in [6, 6.07) is 17.8. The number of nitrogens with one attached hydrogen (secondary N) is 1. The number of rotatable bonds is 6. The molecule has 1 aliphatic rings. The predicted octanol–water partition coefficient (Wildman–Crippen LogP) is 3.52. The molecule has 0 bridgehead atoms. The van der Waals surface area contributed by atoms with Crippen LogP contribution < -0.4 is 5.32 Å². The van der Waals surface area contributed by atoms with Gasteiger partial charge >= 0.3 is 0 Å². The Kier molecular flexibility index (Phi) is 4.94. The summed E-state index contributed by atoms with van der Waals surface area (Å²) in [6.07, 6.45) is 5.09. The number of carbonyl (C=O) groups is 1. The second kappa shape index (κ2) is 7.30. The van der Waals surface area contributed by atoms with Gasteiger partial charge < -0.3 is 10.2 Å². The molecule has 2 aromatic carbocycles. The zero-order valence-corrected chi connectivity index (χ0v) is 13.9. The molecule has 2 aromatic rings. The van der Waals surface area contributed by atoms with Crippen LogP contribution in [0.15, 0.2) is 59.8 Å². The fourth-order valence-corrected chi connectivity index (χ4v) is 3.15. The second-order valence-corrected chi connectivity index (χ2v) is 6.22. The lowest BCUT2D eigenvalue weighted by Crippen LogP contribution is -2.45. The number of carbonyl (C=O) groups excluding carboxylic acids is 1. The van der Waals surface area contributed by atoms with Gasteiger partial charge in [0.15, 0.2) is 0 Å². The topological polar surface area (TPSA) is 50.7 Å². The van der Waals surface area contributed by atoms with Gasteiger partial charge in [-0.2, -0.15) is 0 Å². The van der Waals surface area contributed by atoms with Crippen LogP contribution in [0.1, 0.15) is 40.7 Å². The fourth-order valence-electron chi connectivity index (χ4n) is 3.15. The highest BCUT2D eigenvalue weighted by atomic mass is 16.6. The lowest BCUT2D eigenvalue weighted by atomic mass is 9.64. The third kappa shape index (κ3) is 3.48. The zero-order valence-electron chi connectivity index (χ0n) is 13.9. The number of nitrogens with zero attached hydrogens (tertiary/aromatic N) is 1. The minimum absolute atomic E-state index is 0.0348. The van der Waals surface area contributed by atoms with Crippen molar-refractivity contribution >= 4 is 12.1 Å². The molecule has 3 rings (SSSR count). The summed E-state index contributed by atoms with van der Waals surface area (Å²) in [5.74, 6) is -0.0348. The molecule has 0 spiro atoms. The predicted molar refractivity (Wildman–Crippen MR) is 95.3 cm³/mol. The van der Waals surface area contributed by atoms with Gasteiger partial charge in [0.2, 0.25) is 0 Å². The molecule has 0 atom stereocenters. The smallest absolute Gasteiger partial charge is 0.251 e. The van der Waals surface area contributed by atoms with E-state index in [1.807, 2.05) is 30.3 Å². The Morgan fingerprint density at radius 1 is 1.17 bits per heavy atom. The minimum Gasteiger partial charge on any atom is -0.399 e. The van der Waals surface area contributed by atoms with Gasteiger partial charge in [0.1, 0.15) is 7.11 Å². The summed E-state index contributed by atoms with van der Waals surface area (Å²) in [7, 11) is 1.50. The molecular formula is C20H22N2O2. The van der Waals surface area contributed by atoms with Gasteiger partial charge in [0.25, 0.3) is 5.91 Å². The van der Waals surface area contributed by atoms with Crippen LogP contribution in [0.4, 0.5) is 0 Å². The van der Waals surface area contributed by atoms with E-state index < -0.39 is 0 Å². The van der Waals surface area contributed by atoms with Crippen LogP contribution in [0, 0.1) is 0 Å². The summed E-state index contributed by atoms with van der Waals surface area (Å²) in [6.45, 7) is 0.683. The first-order chi connectivity index (χ1) is 11.7. The van der Waals surface area contributed by atoms with E-state index >= 15 is 0 Å². The van der Waals surface area contributed by atoms with Gasteiger partial charge in [-0.3, -0.25) is 4.79 Å². The highest BCUT2D eigenvalue weighted by Gasteiger charge is 2.38. The van der Waals surface area contributed by atoms with E-state index in [9.17, 15) is 4.79 Å². The molecule has 0 unspecified atom stereocenters. The lowest BCUT2D eigenvalue weighted by Gasteiger charge is -2.42. The van der Waals surface area contributed by atoms with Gasteiger partial charge in [-0.15, -0.1) is 0 Å². The molecule has 0 aliphatic heterocycles. The Labute approximate surface area is 142 Å². The van der Waals surface area contributed by atoms with Gasteiger partial charge in [0, 0.05) is 17.5 Å². The van der Waals surface area contributed by atoms with Crippen molar-refractivity contribution in [3.63, 3.8) is 0 Å². The van der Waals surface area contributed by atoms with Crippen molar-refractivity contribution in [2.45, 2.75) is 24.7 Å². The number of oxime groups is 1. The van der Waals surface area contributed by atoms with Gasteiger partial charge in [-0.1, -0.05) is 54.0 Å².